The minimum Gasteiger partial charge on any atom is -0.296 e. The lowest BCUT2D eigenvalue weighted by molar-refractivity contribution is 0.681. The van der Waals surface area contributed by atoms with Crippen molar-refractivity contribution in [2.75, 3.05) is 0 Å². The van der Waals surface area contributed by atoms with E-state index < -0.39 is 0 Å². The lowest BCUT2D eigenvalue weighted by Crippen LogP contribution is -2.37. The highest BCUT2D eigenvalue weighted by Crippen LogP contribution is 2.28. The molecule has 3 rings (SSSR count). The van der Waals surface area contributed by atoms with Crippen LogP contribution in [0.1, 0.15) is 16.7 Å². The molecule has 2 aromatic carbocycles. The first-order valence-electron chi connectivity index (χ1n) is 8.54. The first kappa shape index (κ1) is 19.5. The van der Waals surface area contributed by atoms with Gasteiger partial charge in [0.15, 0.2) is 0 Å². The molecule has 0 fully saturated rings. The average Bonchev–Trinajstić information content (AvgIpc) is 2.60. The summed E-state index contributed by atoms with van der Waals surface area (Å²) in [6, 6.07) is 11.4. The maximum atomic E-state index is 12.8. The Morgan fingerprint density at radius 3 is 2.07 bits per heavy atom. The van der Waals surface area contributed by atoms with Crippen LogP contribution in [0.15, 0.2) is 46.2 Å². The molecule has 6 heteroatoms. The van der Waals surface area contributed by atoms with Crippen molar-refractivity contribution >= 4 is 28.9 Å². The molecule has 3 aromatic rings. The van der Waals surface area contributed by atoms with Crippen molar-refractivity contribution in [3.63, 3.8) is 0 Å². The molecule has 0 N–H and O–H groups in total. The van der Waals surface area contributed by atoms with Gasteiger partial charge in [-0.25, -0.2) is 9.79 Å². The zero-order chi connectivity index (χ0) is 19.9. The Morgan fingerprint density at radius 1 is 0.852 bits per heavy atom. The number of nitrogens with zero attached hydrogens (tertiary/aromatic N) is 3. The van der Waals surface area contributed by atoms with Gasteiger partial charge < -0.3 is 0 Å². The zero-order valence-corrected chi connectivity index (χ0v) is 17.5. The van der Waals surface area contributed by atoms with Gasteiger partial charge in [0.2, 0.25) is 0 Å². The van der Waals surface area contributed by atoms with E-state index in [9.17, 15) is 4.79 Å². The summed E-state index contributed by atoms with van der Waals surface area (Å²) < 4.78 is 3.12. The van der Waals surface area contributed by atoms with Crippen molar-refractivity contribution in [2.45, 2.75) is 20.8 Å². The first-order chi connectivity index (χ1) is 12.7. The Balaban J connectivity index is 2.31. The molecule has 4 nitrogen and oxygen atoms in total. The monoisotopic (exact) mass is 401 g/mol. The molecule has 0 aliphatic heterocycles. The maximum absolute atomic E-state index is 12.8. The van der Waals surface area contributed by atoms with Crippen molar-refractivity contribution in [3.05, 3.63) is 79.1 Å². The molecular weight excluding hydrogens is 381 g/mol. The highest BCUT2D eigenvalue weighted by atomic mass is 35.5. The van der Waals surface area contributed by atoms with Gasteiger partial charge in [0.1, 0.15) is 5.49 Å². The molecule has 0 atom stereocenters. The van der Waals surface area contributed by atoms with Crippen LogP contribution in [0.4, 0.5) is 5.69 Å². The Kier molecular flexibility index (Phi) is 5.31. The third-order valence-electron chi connectivity index (χ3n) is 4.62. The average molecular weight is 402 g/mol. The summed E-state index contributed by atoms with van der Waals surface area (Å²) >= 11 is 12.2. The quantitative estimate of drug-likeness (QED) is 0.604. The van der Waals surface area contributed by atoms with Gasteiger partial charge in [-0.05, 0) is 49.6 Å². The summed E-state index contributed by atoms with van der Waals surface area (Å²) in [6.07, 6.45) is 0. The van der Waals surface area contributed by atoms with Crippen molar-refractivity contribution in [3.8, 4) is 11.3 Å². The Morgan fingerprint density at radius 2 is 1.48 bits per heavy atom. The van der Waals surface area contributed by atoms with Crippen molar-refractivity contribution in [2.24, 2.45) is 19.1 Å². The van der Waals surface area contributed by atoms with Crippen LogP contribution >= 0.6 is 23.2 Å². The minimum absolute atomic E-state index is 0.167. The third kappa shape index (κ3) is 3.73. The number of halogens is 2. The minimum atomic E-state index is -0.167. The Bertz CT molecular complexity index is 1150. The van der Waals surface area contributed by atoms with E-state index in [1.165, 1.54) is 5.56 Å². The van der Waals surface area contributed by atoms with Crippen LogP contribution in [0.3, 0.4) is 0 Å². The van der Waals surface area contributed by atoms with E-state index in [1.54, 1.807) is 35.4 Å². The predicted molar refractivity (Wildman–Crippen MR) is 112 cm³/mol. The number of hydrogen-bond donors (Lipinski definition) is 0. The molecule has 0 aliphatic carbocycles. The second-order valence-electron chi connectivity index (χ2n) is 6.78. The third-order valence-corrected chi connectivity index (χ3v) is 5.36. The fourth-order valence-corrected chi connectivity index (χ4v) is 3.54. The van der Waals surface area contributed by atoms with Gasteiger partial charge in [-0.2, -0.15) is 0 Å². The number of aryl methyl sites for hydroxylation is 3. The van der Waals surface area contributed by atoms with E-state index in [-0.39, 0.29) is 5.69 Å². The van der Waals surface area contributed by atoms with Crippen LogP contribution in [0, 0.1) is 20.8 Å². The number of rotatable bonds is 2. The molecule has 1 heterocycles. The van der Waals surface area contributed by atoms with Gasteiger partial charge in [0.25, 0.3) is 0 Å². The van der Waals surface area contributed by atoms with E-state index >= 15 is 0 Å². The highest BCUT2D eigenvalue weighted by Gasteiger charge is 2.10. The summed E-state index contributed by atoms with van der Waals surface area (Å²) in [7, 11) is 3.45. The van der Waals surface area contributed by atoms with Crippen molar-refractivity contribution in [1.82, 2.24) is 9.13 Å². The number of hydrogen-bond acceptors (Lipinski definition) is 2. The molecular formula is C21H21Cl2N3O. The normalized spacial score (nSPS) is 11.9. The summed E-state index contributed by atoms with van der Waals surface area (Å²) in [5.41, 5.74) is 6.15. The molecule has 0 aliphatic rings. The van der Waals surface area contributed by atoms with Crippen LogP contribution in [0.2, 0.25) is 10.0 Å². The second kappa shape index (κ2) is 7.37. The van der Waals surface area contributed by atoms with E-state index in [0.717, 1.165) is 28.1 Å². The molecule has 1 aromatic heterocycles. The van der Waals surface area contributed by atoms with Crippen LogP contribution in [-0.4, -0.2) is 9.13 Å². The standard InChI is InChI=1S/C21H21Cl2N3O/c1-12-8-13(2)20(14(3)9-12)24-19-11-18(25(4)21(27)26(19)5)15-6-7-16(22)17(23)10-15/h6-11H,1-5H3/b24-19-. The fourth-order valence-electron chi connectivity index (χ4n) is 3.24. The molecule has 0 spiro atoms. The molecule has 140 valence electrons. The molecule has 0 unspecified atom stereocenters. The van der Waals surface area contributed by atoms with Crippen LogP contribution in [0.5, 0.6) is 0 Å². The van der Waals surface area contributed by atoms with E-state index in [0.29, 0.717) is 15.5 Å². The van der Waals surface area contributed by atoms with Gasteiger partial charge in [0.05, 0.1) is 21.4 Å². The maximum Gasteiger partial charge on any atom is 0.329 e. The summed E-state index contributed by atoms with van der Waals surface area (Å²) in [5, 5.41) is 0.918. The lowest BCUT2D eigenvalue weighted by atomic mass is 10.1. The number of benzene rings is 2. The topological polar surface area (TPSA) is 39.3 Å². The molecule has 0 radical (unpaired) electrons. The second-order valence-corrected chi connectivity index (χ2v) is 7.59. The zero-order valence-electron chi connectivity index (χ0n) is 16.0. The van der Waals surface area contributed by atoms with Gasteiger partial charge >= 0.3 is 5.69 Å². The summed E-state index contributed by atoms with van der Waals surface area (Å²) in [6.45, 7) is 6.12. The summed E-state index contributed by atoms with van der Waals surface area (Å²) in [4.78, 5) is 17.6. The molecule has 0 saturated carbocycles. The van der Waals surface area contributed by atoms with Crippen LogP contribution < -0.4 is 11.2 Å². The first-order valence-corrected chi connectivity index (χ1v) is 9.29. The summed E-state index contributed by atoms with van der Waals surface area (Å²) in [5.74, 6) is 0. The number of aromatic nitrogens is 2. The highest BCUT2D eigenvalue weighted by molar-refractivity contribution is 6.42. The van der Waals surface area contributed by atoms with E-state index in [1.807, 2.05) is 26.0 Å². The largest absolute Gasteiger partial charge is 0.329 e. The van der Waals surface area contributed by atoms with Gasteiger partial charge in [-0.15, -0.1) is 0 Å². The molecule has 0 bridgehead atoms. The fraction of sp³-hybridized carbons (Fsp3) is 0.238. The van der Waals surface area contributed by atoms with E-state index in [4.69, 9.17) is 28.2 Å². The molecule has 0 saturated heterocycles. The molecule has 0 amide bonds. The lowest BCUT2D eigenvalue weighted by Gasteiger charge is -2.13. The predicted octanol–water partition coefficient (Wildman–Crippen LogP) is 4.86. The van der Waals surface area contributed by atoms with Gasteiger partial charge in [0, 0.05) is 20.2 Å². The van der Waals surface area contributed by atoms with Gasteiger partial charge in [-0.1, -0.05) is 47.0 Å². The Labute approximate surface area is 168 Å². The van der Waals surface area contributed by atoms with Crippen LogP contribution in [-0.2, 0) is 14.1 Å². The van der Waals surface area contributed by atoms with Crippen LogP contribution in [0.25, 0.3) is 11.3 Å². The SMILES string of the molecule is Cc1cc(C)c(/N=c2/cc(-c3ccc(Cl)c(Cl)c3)n(C)c(=O)n2C)c(C)c1. The van der Waals surface area contributed by atoms with Crippen molar-refractivity contribution in [1.29, 1.82) is 0 Å². The van der Waals surface area contributed by atoms with E-state index in [2.05, 4.69) is 19.1 Å². The Hall–Kier alpha value is -2.30. The van der Waals surface area contributed by atoms with Gasteiger partial charge in [-0.3, -0.25) is 9.13 Å². The smallest absolute Gasteiger partial charge is 0.296 e. The van der Waals surface area contributed by atoms with Crippen molar-refractivity contribution < 1.29 is 0 Å². The molecule has 27 heavy (non-hydrogen) atoms.